The molecular weight excluding hydrogens is 370 g/mol. The highest BCUT2D eigenvalue weighted by atomic mass is 35.5. The van der Waals surface area contributed by atoms with Crippen LogP contribution in [0.1, 0.15) is 45.4 Å². The number of amides is 2. The first-order valence-corrected chi connectivity index (χ1v) is 10.4. The number of rotatable bonds is 5. The number of halogens is 1. The number of benzene rings is 1. The number of carbonyl (C=O) groups excluding carboxylic acids is 2. The maximum Gasteiger partial charge on any atom is 0.242 e. The van der Waals surface area contributed by atoms with Crippen LogP contribution in [0.3, 0.4) is 0 Å². The fraction of sp³-hybridized carbons (Fsp3) is 0.526. The summed E-state index contributed by atoms with van der Waals surface area (Å²) in [5, 5.41) is 3.66. The lowest BCUT2D eigenvalue weighted by atomic mass is 9.94. The van der Waals surface area contributed by atoms with Gasteiger partial charge in [-0.2, -0.15) is 0 Å². The van der Waals surface area contributed by atoms with Gasteiger partial charge in [-0.25, -0.2) is 0 Å². The first-order chi connectivity index (χ1) is 12.6. The van der Waals surface area contributed by atoms with Gasteiger partial charge in [-0.1, -0.05) is 54.8 Å². The van der Waals surface area contributed by atoms with Gasteiger partial charge in [0.15, 0.2) is 5.17 Å². The Morgan fingerprint density at radius 2 is 2.04 bits per heavy atom. The zero-order valence-corrected chi connectivity index (χ0v) is 16.5. The highest BCUT2D eigenvalue weighted by Gasteiger charge is 2.42. The van der Waals surface area contributed by atoms with Gasteiger partial charge in [0.05, 0.1) is 10.7 Å². The molecule has 140 valence electrons. The predicted molar refractivity (Wildman–Crippen MR) is 108 cm³/mol. The van der Waals surface area contributed by atoms with Crippen LogP contribution in [0.25, 0.3) is 0 Å². The van der Waals surface area contributed by atoms with Gasteiger partial charge in [0.25, 0.3) is 0 Å². The Kier molecular flexibility index (Phi) is 6.59. The van der Waals surface area contributed by atoms with E-state index in [1.807, 2.05) is 24.0 Å². The van der Waals surface area contributed by atoms with Crippen LogP contribution in [-0.2, 0) is 9.59 Å². The second-order valence-electron chi connectivity index (χ2n) is 6.60. The zero-order chi connectivity index (χ0) is 18.5. The third kappa shape index (κ3) is 4.41. The molecule has 0 bridgehead atoms. The van der Waals surface area contributed by atoms with Crippen LogP contribution < -0.4 is 5.32 Å². The molecule has 2 amide bonds. The molecule has 1 saturated heterocycles. The molecule has 0 radical (unpaired) electrons. The average Bonchev–Trinajstić information content (AvgIpc) is 2.93. The Morgan fingerprint density at radius 3 is 2.73 bits per heavy atom. The molecule has 1 atom stereocenters. The van der Waals surface area contributed by atoms with Crippen LogP contribution in [0.2, 0.25) is 5.02 Å². The molecule has 3 rings (SSSR count). The molecule has 7 heteroatoms. The van der Waals surface area contributed by atoms with Gasteiger partial charge < -0.3 is 5.32 Å². The summed E-state index contributed by atoms with van der Waals surface area (Å²) in [4.78, 5) is 31.8. The molecule has 1 heterocycles. The number of thioether (sulfide) groups is 1. The predicted octanol–water partition coefficient (Wildman–Crippen LogP) is 4.32. The minimum absolute atomic E-state index is 0.0170. The largest absolute Gasteiger partial charge is 0.325 e. The topological polar surface area (TPSA) is 61.8 Å². The fourth-order valence-electron chi connectivity index (χ4n) is 3.47. The van der Waals surface area contributed by atoms with E-state index in [2.05, 4.69) is 10.3 Å². The fourth-order valence-corrected chi connectivity index (χ4v) is 4.91. The molecule has 1 saturated carbocycles. The summed E-state index contributed by atoms with van der Waals surface area (Å²) in [5.41, 5.74) is 0.571. The molecule has 1 aliphatic heterocycles. The summed E-state index contributed by atoms with van der Waals surface area (Å²) in [7, 11) is 0. The molecule has 5 nitrogen and oxygen atoms in total. The summed E-state index contributed by atoms with van der Waals surface area (Å²) in [5.74, 6) is -0.186. The highest BCUT2D eigenvalue weighted by molar-refractivity contribution is 8.15. The molecule has 26 heavy (non-hydrogen) atoms. The van der Waals surface area contributed by atoms with Crippen LogP contribution in [0.15, 0.2) is 29.3 Å². The minimum Gasteiger partial charge on any atom is -0.325 e. The second-order valence-corrected chi connectivity index (χ2v) is 8.17. The lowest BCUT2D eigenvalue weighted by Gasteiger charge is -2.30. The molecule has 1 aromatic rings. The molecule has 1 N–H and O–H groups in total. The lowest BCUT2D eigenvalue weighted by molar-refractivity contribution is -0.130. The maximum atomic E-state index is 13.0. The van der Waals surface area contributed by atoms with E-state index in [1.54, 1.807) is 12.1 Å². The second kappa shape index (κ2) is 8.91. The van der Waals surface area contributed by atoms with E-state index in [0.29, 0.717) is 17.3 Å². The monoisotopic (exact) mass is 393 g/mol. The van der Waals surface area contributed by atoms with Crippen molar-refractivity contribution in [3.8, 4) is 0 Å². The molecule has 2 aliphatic rings. The van der Waals surface area contributed by atoms with Gasteiger partial charge in [-0.15, -0.1) is 0 Å². The van der Waals surface area contributed by atoms with Crippen molar-refractivity contribution >= 4 is 46.0 Å². The lowest BCUT2D eigenvalue weighted by Crippen LogP contribution is -2.42. The van der Waals surface area contributed by atoms with E-state index < -0.39 is 5.25 Å². The Labute approximate surface area is 163 Å². The quantitative estimate of drug-likeness (QED) is 0.810. The molecule has 1 unspecified atom stereocenters. The third-order valence-electron chi connectivity index (χ3n) is 4.72. The average molecular weight is 394 g/mol. The summed E-state index contributed by atoms with van der Waals surface area (Å²) >= 11 is 7.51. The minimum atomic E-state index is -0.412. The number of para-hydroxylation sites is 1. The van der Waals surface area contributed by atoms with E-state index >= 15 is 0 Å². The standard InChI is InChI=1S/C19H24ClN3O2S/c1-2-21-19-23(13-8-4-3-5-9-13)18(25)16(26-19)12-17(24)22-15-11-7-6-10-14(15)20/h6-7,10-11,13,16H,2-5,8-9,12H2,1H3,(H,22,24). The molecule has 0 spiro atoms. The van der Waals surface area contributed by atoms with Crippen molar-refractivity contribution in [3.05, 3.63) is 29.3 Å². The summed E-state index contributed by atoms with van der Waals surface area (Å²) in [6.07, 6.45) is 5.70. The third-order valence-corrected chi connectivity index (χ3v) is 6.24. The van der Waals surface area contributed by atoms with Crippen LogP contribution in [0, 0.1) is 0 Å². The highest BCUT2D eigenvalue weighted by Crippen LogP contribution is 2.35. The molecular formula is C19H24ClN3O2S. The van der Waals surface area contributed by atoms with Gasteiger partial charge >= 0.3 is 0 Å². The smallest absolute Gasteiger partial charge is 0.242 e. The number of carbonyl (C=O) groups is 2. The van der Waals surface area contributed by atoms with Crippen molar-refractivity contribution < 1.29 is 9.59 Å². The van der Waals surface area contributed by atoms with Crippen molar-refractivity contribution in [2.24, 2.45) is 4.99 Å². The van der Waals surface area contributed by atoms with Gasteiger partial charge in [-0.05, 0) is 31.9 Å². The van der Waals surface area contributed by atoms with Crippen LogP contribution in [0.4, 0.5) is 5.69 Å². The molecule has 2 fully saturated rings. The Bertz CT molecular complexity index is 704. The first-order valence-electron chi connectivity index (χ1n) is 9.18. The van der Waals surface area contributed by atoms with Crippen LogP contribution >= 0.6 is 23.4 Å². The number of anilines is 1. The molecule has 1 aliphatic carbocycles. The Morgan fingerprint density at radius 1 is 1.31 bits per heavy atom. The van der Waals surface area contributed by atoms with Crippen molar-refractivity contribution in [2.75, 3.05) is 11.9 Å². The van der Waals surface area contributed by atoms with Gasteiger partial charge in [0, 0.05) is 19.0 Å². The van der Waals surface area contributed by atoms with Gasteiger partial charge in [0.2, 0.25) is 11.8 Å². The number of nitrogens with one attached hydrogen (secondary N) is 1. The Balaban J connectivity index is 1.68. The zero-order valence-electron chi connectivity index (χ0n) is 14.9. The van der Waals surface area contributed by atoms with Crippen molar-refractivity contribution in [3.63, 3.8) is 0 Å². The maximum absolute atomic E-state index is 13.0. The molecule has 0 aromatic heterocycles. The number of nitrogens with zero attached hydrogens (tertiary/aromatic N) is 2. The van der Waals surface area contributed by atoms with Crippen molar-refractivity contribution in [1.29, 1.82) is 0 Å². The van der Waals surface area contributed by atoms with E-state index in [1.165, 1.54) is 18.2 Å². The summed E-state index contributed by atoms with van der Waals surface area (Å²) in [6, 6.07) is 7.33. The number of hydrogen-bond acceptors (Lipinski definition) is 4. The SMILES string of the molecule is CCN=C1SC(CC(=O)Nc2ccccc2Cl)C(=O)N1C1CCCCC1. The summed E-state index contributed by atoms with van der Waals surface area (Å²) in [6.45, 7) is 2.60. The first kappa shape index (κ1) is 19.2. The molecule has 1 aromatic carbocycles. The van der Waals surface area contributed by atoms with Gasteiger partial charge in [0.1, 0.15) is 5.25 Å². The van der Waals surface area contributed by atoms with Gasteiger partial charge in [-0.3, -0.25) is 19.5 Å². The van der Waals surface area contributed by atoms with Crippen LogP contribution in [0.5, 0.6) is 0 Å². The van der Waals surface area contributed by atoms with E-state index in [-0.39, 0.29) is 24.3 Å². The van der Waals surface area contributed by atoms with Crippen LogP contribution in [-0.4, -0.2) is 39.7 Å². The van der Waals surface area contributed by atoms with E-state index in [0.717, 1.165) is 30.9 Å². The van der Waals surface area contributed by atoms with Crippen molar-refractivity contribution in [2.45, 2.75) is 56.7 Å². The van der Waals surface area contributed by atoms with E-state index in [4.69, 9.17) is 11.6 Å². The van der Waals surface area contributed by atoms with E-state index in [9.17, 15) is 9.59 Å². The number of amidine groups is 1. The Hall–Kier alpha value is -1.53. The van der Waals surface area contributed by atoms with Crippen molar-refractivity contribution in [1.82, 2.24) is 4.90 Å². The normalized spacial score (nSPS) is 22.8. The summed E-state index contributed by atoms with van der Waals surface area (Å²) < 4.78 is 0. The number of aliphatic imine (C=N–C) groups is 1. The number of hydrogen-bond donors (Lipinski definition) is 1.